The number of rotatable bonds is 3. The second-order valence-corrected chi connectivity index (χ2v) is 6.63. The van der Waals surface area contributed by atoms with Crippen LogP contribution in [0.25, 0.3) is 22.2 Å². The van der Waals surface area contributed by atoms with Gasteiger partial charge in [0.15, 0.2) is 0 Å². The fourth-order valence-electron chi connectivity index (χ4n) is 3.14. The number of pyridine rings is 2. The van der Waals surface area contributed by atoms with Crippen LogP contribution >= 0.6 is 0 Å². The molecular weight excluding hydrogens is 353 g/mol. The fraction of sp³-hybridized carbons (Fsp3) is 0.0870. The second kappa shape index (κ2) is 7.19. The van der Waals surface area contributed by atoms with Crippen molar-refractivity contribution in [1.82, 2.24) is 9.97 Å². The normalized spacial score (nSPS) is 10.8. The molecule has 5 heteroatoms. The molecule has 2 heterocycles. The first kappa shape index (κ1) is 17.8. The van der Waals surface area contributed by atoms with Crippen LogP contribution in [0.4, 0.5) is 10.1 Å². The Hall–Kier alpha value is -3.60. The molecule has 1 amide bonds. The number of fused-ring (bicyclic) bond motifs is 1. The molecule has 28 heavy (non-hydrogen) atoms. The van der Waals surface area contributed by atoms with Gasteiger partial charge in [0, 0.05) is 22.8 Å². The molecule has 0 saturated heterocycles. The van der Waals surface area contributed by atoms with Gasteiger partial charge in [-0.1, -0.05) is 24.3 Å². The quantitative estimate of drug-likeness (QED) is 0.531. The number of halogens is 1. The monoisotopic (exact) mass is 371 g/mol. The van der Waals surface area contributed by atoms with E-state index in [0.717, 1.165) is 10.9 Å². The summed E-state index contributed by atoms with van der Waals surface area (Å²) >= 11 is 0. The molecule has 0 aliphatic carbocycles. The zero-order valence-corrected chi connectivity index (χ0v) is 15.5. The Morgan fingerprint density at radius 3 is 2.68 bits per heavy atom. The van der Waals surface area contributed by atoms with Gasteiger partial charge in [0.1, 0.15) is 5.82 Å². The number of nitrogens with zero attached hydrogens (tertiary/aromatic N) is 2. The lowest BCUT2D eigenvalue weighted by Gasteiger charge is -2.10. The van der Waals surface area contributed by atoms with Crippen LogP contribution in [0, 0.1) is 19.7 Å². The van der Waals surface area contributed by atoms with Gasteiger partial charge in [-0.2, -0.15) is 0 Å². The Kier molecular flexibility index (Phi) is 4.57. The maximum atomic E-state index is 14.4. The van der Waals surface area contributed by atoms with Crippen molar-refractivity contribution in [1.29, 1.82) is 0 Å². The minimum absolute atomic E-state index is 0.267. The van der Waals surface area contributed by atoms with Crippen LogP contribution in [0.1, 0.15) is 21.6 Å². The number of aryl methyl sites for hydroxylation is 2. The number of anilines is 1. The van der Waals surface area contributed by atoms with E-state index in [1.807, 2.05) is 30.3 Å². The van der Waals surface area contributed by atoms with Crippen LogP contribution in [0.5, 0.6) is 0 Å². The van der Waals surface area contributed by atoms with Gasteiger partial charge in [-0.15, -0.1) is 0 Å². The molecule has 1 N–H and O–H groups in total. The number of nitrogens with one attached hydrogen (secondary N) is 1. The molecule has 2 aromatic heterocycles. The van der Waals surface area contributed by atoms with E-state index in [-0.39, 0.29) is 11.7 Å². The van der Waals surface area contributed by atoms with Crippen molar-refractivity contribution < 1.29 is 9.18 Å². The minimum Gasteiger partial charge on any atom is -0.322 e. The standard InChI is InChI=1S/C23H18FN3O/c1-14-5-3-7-19(22(14)24)20-11-10-18(15(2)26-20)23(28)27-17-9-8-16-6-4-12-25-21(16)13-17/h3-13H,1-2H3,(H,27,28). The first-order valence-corrected chi connectivity index (χ1v) is 8.92. The average molecular weight is 371 g/mol. The van der Waals surface area contributed by atoms with Gasteiger partial charge in [-0.25, -0.2) is 4.39 Å². The van der Waals surface area contributed by atoms with Crippen LogP contribution in [0.3, 0.4) is 0 Å². The second-order valence-electron chi connectivity index (χ2n) is 6.63. The highest BCUT2D eigenvalue weighted by Gasteiger charge is 2.14. The van der Waals surface area contributed by atoms with Gasteiger partial charge in [0.2, 0.25) is 0 Å². The molecule has 4 nitrogen and oxygen atoms in total. The van der Waals surface area contributed by atoms with E-state index < -0.39 is 0 Å². The largest absolute Gasteiger partial charge is 0.322 e. The van der Waals surface area contributed by atoms with Crippen LogP contribution in [-0.4, -0.2) is 15.9 Å². The molecule has 0 fully saturated rings. The van der Waals surface area contributed by atoms with Crippen molar-refractivity contribution in [3.05, 3.63) is 89.5 Å². The summed E-state index contributed by atoms with van der Waals surface area (Å²) in [4.78, 5) is 21.4. The molecule has 0 bridgehead atoms. The van der Waals surface area contributed by atoms with Crippen molar-refractivity contribution >= 4 is 22.5 Å². The first-order valence-electron chi connectivity index (χ1n) is 8.92. The van der Waals surface area contributed by atoms with Crippen molar-refractivity contribution in [2.24, 2.45) is 0 Å². The third kappa shape index (κ3) is 3.34. The summed E-state index contributed by atoms with van der Waals surface area (Å²) in [6.07, 6.45) is 1.71. The topological polar surface area (TPSA) is 54.9 Å². The molecule has 0 saturated carbocycles. The van der Waals surface area contributed by atoms with Crippen LogP contribution in [0.2, 0.25) is 0 Å². The Morgan fingerprint density at radius 1 is 1.00 bits per heavy atom. The number of amides is 1. The lowest BCUT2D eigenvalue weighted by Crippen LogP contribution is -2.14. The summed E-state index contributed by atoms with van der Waals surface area (Å²) in [6.45, 7) is 3.46. The van der Waals surface area contributed by atoms with Crippen molar-refractivity contribution in [2.45, 2.75) is 13.8 Å². The van der Waals surface area contributed by atoms with E-state index in [2.05, 4.69) is 15.3 Å². The summed E-state index contributed by atoms with van der Waals surface area (Å²) in [5.41, 5.74) is 3.93. The lowest BCUT2D eigenvalue weighted by molar-refractivity contribution is 0.102. The zero-order valence-electron chi connectivity index (χ0n) is 15.5. The van der Waals surface area contributed by atoms with Crippen molar-refractivity contribution in [3.63, 3.8) is 0 Å². The van der Waals surface area contributed by atoms with Gasteiger partial charge < -0.3 is 5.32 Å². The molecule has 2 aromatic carbocycles. The summed E-state index contributed by atoms with van der Waals surface area (Å²) in [6, 6.07) is 17.9. The molecule has 138 valence electrons. The molecule has 0 atom stereocenters. The number of hydrogen-bond donors (Lipinski definition) is 1. The van der Waals surface area contributed by atoms with E-state index >= 15 is 0 Å². The summed E-state index contributed by atoms with van der Waals surface area (Å²) in [5, 5.41) is 3.88. The van der Waals surface area contributed by atoms with Crippen LogP contribution in [-0.2, 0) is 0 Å². The number of benzene rings is 2. The van der Waals surface area contributed by atoms with E-state index in [1.165, 1.54) is 0 Å². The molecular formula is C23H18FN3O. The maximum Gasteiger partial charge on any atom is 0.257 e. The minimum atomic E-state index is -0.296. The summed E-state index contributed by atoms with van der Waals surface area (Å²) in [7, 11) is 0. The van der Waals surface area contributed by atoms with Gasteiger partial charge in [-0.05, 0) is 55.8 Å². The predicted octanol–water partition coefficient (Wildman–Crippen LogP) is 5.31. The molecule has 4 rings (SSSR count). The fourth-order valence-corrected chi connectivity index (χ4v) is 3.14. The smallest absolute Gasteiger partial charge is 0.257 e. The highest BCUT2D eigenvalue weighted by molar-refractivity contribution is 6.05. The third-order valence-electron chi connectivity index (χ3n) is 4.66. The number of carbonyl (C=O) groups excluding carboxylic acids is 1. The Morgan fingerprint density at radius 2 is 1.86 bits per heavy atom. The predicted molar refractivity (Wildman–Crippen MR) is 109 cm³/mol. The zero-order chi connectivity index (χ0) is 19.7. The number of carbonyl (C=O) groups is 1. The Balaban J connectivity index is 1.61. The SMILES string of the molecule is Cc1cccc(-c2ccc(C(=O)Nc3ccc4cccnc4c3)c(C)n2)c1F. The maximum absolute atomic E-state index is 14.4. The van der Waals surface area contributed by atoms with E-state index in [4.69, 9.17) is 0 Å². The van der Waals surface area contributed by atoms with E-state index in [0.29, 0.717) is 33.8 Å². The molecule has 0 aliphatic rings. The van der Waals surface area contributed by atoms with E-state index in [9.17, 15) is 9.18 Å². The van der Waals surface area contributed by atoms with Crippen LogP contribution < -0.4 is 5.32 Å². The molecule has 4 aromatic rings. The highest BCUT2D eigenvalue weighted by atomic mass is 19.1. The average Bonchev–Trinajstić information content (AvgIpc) is 2.70. The van der Waals surface area contributed by atoms with E-state index in [1.54, 1.807) is 50.4 Å². The van der Waals surface area contributed by atoms with Gasteiger partial charge in [0.05, 0.1) is 22.5 Å². The lowest BCUT2D eigenvalue weighted by atomic mass is 10.1. The molecule has 0 unspecified atom stereocenters. The molecule has 0 radical (unpaired) electrons. The first-order chi connectivity index (χ1) is 13.5. The molecule has 0 spiro atoms. The van der Waals surface area contributed by atoms with Gasteiger partial charge in [0.25, 0.3) is 5.91 Å². The van der Waals surface area contributed by atoms with Gasteiger partial charge >= 0.3 is 0 Å². The number of aromatic nitrogens is 2. The molecule has 0 aliphatic heterocycles. The number of hydrogen-bond acceptors (Lipinski definition) is 3. The third-order valence-corrected chi connectivity index (χ3v) is 4.66. The van der Waals surface area contributed by atoms with Crippen molar-refractivity contribution in [2.75, 3.05) is 5.32 Å². The Labute approximate surface area is 162 Å². The summed E-state index contributed by atoms with van der Waals surface area (Å²) < 4.78 is 14.4. The summed E-state index contributed by atoms with van der Waals surface area (Å²) in [5.74, 6) is -0.563. The van der Waals surface area contributed by atoms with Gasteiger partial charge in [-0.3, -0.25) is 14.8 Å². The highest BCUT2D eigenvalue weighted by Crippen LogP contribution is 2.25. The Bertz CT molecular complexity index is 1200. The van der Waals surface area contributed by atoms with Crippen LogP contribution in [0.15, 0.2) is 66.9 Å². The van der Waals surface area contributed by atoms with Crippen molar-refractivity contribution in [3.8, 4) is 11.3 Å².